The SMILES string of the molecule is COc1cc(OC)cc(C(O)C2CC2C)c1. The number of methoxy groups -OCH3 is 2. The highest BCUT2D eigenvalue weighted by atomic mass is 16.5. The second kappa shape index (κ2) is 4.34. The van der Waals surface area contributed by atoms with E-state index in [1.807, 2.05) is 18.2 Å². The topological polar surface area (TPSA) is 38.7 Å². The van der Waals surface area contributed by atoms with Crippen molar-refractivity contribution in [1.29, 1.82) is 0 Å². The summed E-state index contributed by atoms with van der Waals surface area (Å²) in [6.07, 6.45) is 0.694. The molecule has 1 aromatic carbocycles. The first-order valence-corrected chi connectivity index (χ1v) is 5.56. The molecule has 0 amide bonds. The Morgan fingerprint density at radius 3 is 2.06 bits per heavy atom. The van der Waals surface area contributed by atoms with Crippen molar-refractivity contribution in [2.45, 2.75) is 19.4 Å². The van der Waals surface area contributed by atoms with Crippen LogP contribution in [0.25, 0.3) is 0 Å². The summed E-state index contributed by atoms with van der Waals surface area (Å²) in [5.74, 6) is 2.45. The summed E-state index contributed by atoms with van der Waals surface area (Å²) in [6.45, 7) is 2.16. The van der Waals surface area contributed by atoms with Crippen molar-refractivity contribution in [1.82, 2.24) is 0 Å². The molecule has 3 nitrogen and oxygen atoms in total. The van der Waals surface area contributed by atoms with Crippen LogP contribution in [0.15, 0.2) is 18.2 Å². The van der Waals surface area contributed by atoms with E-state index in [0.29, 0.717) is 11.8 Å². The van der Waals surface area contributed by atoms with Crippen molar-refractivity contribution < 1.29 is 14.6 Å². The van der Waals surface area contributed by atoms with Crippen molar-refractivity contribution in [3.05, 3.63) is 23.8 Å². The largest absolute Gasteiger partial charge is 0.497 e. The van der Waals surface area contributed by atoms with Gasteiger partial charge in [-0.25, -0.2) is 0 Å². The number of hydrogen-bond acceptors (Lipinski definition) is 3. The number of hydrogen-bond donors (Lipinski definition) is 1. The molecule has 0 radical (unpaired) electrons. The average Bonchev–Trinajstić information content (AvgIpc) is 3.04. The van der Waals surface area contributed by atoms with E-state index < -0.39 is 6.10 Å². The first-order chi connectivity index (χ1) is 7.65. The van der Waals surface area contributed by atoms with Crippen LogP contribution in [0.2, 0.25) is 0 Å². The molecule has 88 valence electrons. The monoisotopic (exact) mass is 222 g/mol. The van der Waals surface area contributed by atoms with E-state index in [0.717, 1.165) is 23.5 Å². The fourth-order valence-corrected chi connectivity index (χ4v) is 2.04. The standard InChI is InChI=1S/C13H18O3/c1-8-4-12(8)13(14)9-5-10(15-2)7-11(6-9)16-3/h5-8,12-14H,4H2,1-3H3. The number of benzene rings is 1. The van der Waals surface area contributed by atoms with Gasteiger partial charge in [0.25, 0.3) is 0 Å². The number of rotatable bonds is 4. The van der Waals surface area contributed by atoms with Crippen LogP contribution in [0.4, 0.5) is 0 Å². The van der Waals surface area contributed by atoms with Crippen molar-refractivity contribution in [3.63, 3.8) is 0 Å². The maximum Gasteiger partial charge on any atom is 0.122 e. The van der Waals surface area contributed by atoms with E-state index in [1.54, 1.807) is 14.2 Å². The van der Waals surface area contributed by atoms with Crippen LogP contribution in [-0.4, -0.2) is 19.3 Å². The highest BCUT2D eigenvalue weighted by Gasteiger charge is 2.39. The minimum absolute atomic E-state index is 0.386. The van der Waals surface area contributed by atoms with Crippen molar-refractivity contribution in [2.24, 2.45) is 11.8 Å². The van der Waals surface area contributed by atoms with Gasteiger partial charge in [-0.3, -0.25) is 0 Å². The molecule has 1 N–H and O–H groups in total. The van der Waals surface area contributed by atoms with Crippen LogP contribution >= 0.6 is 0 Å². The molecule has 0 saturated heterocycles. The molecule has 3 unspecified atom stereocenters. The highest BCUT2D eigenvalue weighted by molar-refractivity contribution is 5.39. The molecule has 1 aromatic rings. The molecule has 3 heteroatoms. The van der Waals surface area contributed by atoms with E-state index >= 15 is 0 Å². The summed E-state index contributed by atoms with van der Waals surface area (Å²) >= 11 is 0. The summed E-state index contributed by atoms with van der Waals surface area (Å²) in [5, 5.41) is 10.2. The number of aliphatic hydroxyl groups excluding tert-OH is 1. The summed E-state index contributed by atoms with van der Waals surface area (Å²) < 4.78 is 10.4. The molecular weight excluding hydrogens is 204 g/mol. The molecule has 1 saturated carbocycles. The van der Waals surface area contributed by atoms with Gasteiger partial charge in [0.2, 0.25) is 0 Å². The van der Waals surface area contributed by atoms with E-state index in [-0.39, 0.29) is 0 Å². The van der Waals surface area contributed by atoms with E-state index in [1.165, 1.54) is 0 Å². The molecule has 1 fully saturated rings. The van der Waals surface area contributed by atoms with E-state index in [4.69, 9.17) is 9.47 Å². The summed E-state index contributed by atoms with van der Waals surface area (Å²) in [7, 11) is 3.23. The Morgan fingerprint density at radius 2 is 1.69 bits per heavy atom. The lowest BCUT2D eigenvalue weighted by Crippen LogP contribution is -2.02. The molecular formula is C13H18O3. The highest BCUT2D eigenvalue weighted by Crippen LogP contribution is 2.47. The van der Waals surface area contributed by atoms with Gasteiger partial charge in [-0.15, -0.1) is 0 Å². The third-order valence-corrected chi connectivity index (χ3v) is 3.29. The Kier molecular flexibility index (Phi) is 3.06. The van der Waals surface area contributed by atoms with Crippen molar-refractivity contribution in [2.75, 3.05) is 14.2 Å². The van der Waals surface area contributed by atoms with Gasteiger partial charge in [0.1, 0.15) is 11.5 Å². The Morgan fingerprint density at radius 1 is 1.19 bits per heavy atom. The van der Waals surface area contributed by atoms with Crippen LogP contribution < -0.4 is 9.47 Å². The Hall–Kier alpha value is -1.22. The zero-order valence-corrected chi connectivity index (χ0v) is 9.93. The summed E-state index contributed by atoms with van der Waals surface area (Å²) in [5.41, 5.74) is 0.880. The van der Waals surface area contributed by atoms with E-state index in [9.17, 15) is 5.11 Å². The van der Waals surface area contributed by atoms with Crippen LogP contribution in [0, 0.1) is 11.8 Å². The molecule has 0 bridgehead atoms. The second-order valence-electron chi connectivity index (χ2n) is 4.47. The third kappa shape index (κ3) is 2.14. The van der Waals surface area contributed by atoms with Gasteiger partial charge < -0.3 is 14.6 Å². The van der Waals surface area contributed by atoms with Gasteiger partial charge in [-0.1, -0.05) is 6.92 Å². The number of ether oxygens (including phenoxy) is 2. The molecule has 3 atom stereocenters. The molecule has 1 aliphatic carbocycles. The maximum absolute atomic E-state index is 10.2. The van der Waals surface area contributed by atoms with Crippen molar-refractivity contribution in [3.8, 4) is 11.5 Å². The van der Waals surface area contributed by atoms with Crippen LogP contribution in [0.1, 0.15) is 25.0 Å². The minimum atomic E-state index is -0.404. The van der Waals surface area contributed by atoms with Gasteiger partial charge in [0.05, 0.1) is 20.3 Å². The third-order valence-electron chi connectivity index (χ3n) is 3.29. The number of aliphatic hydroxyl groups is 1. The Labute approximate surface area is 96.0 Å². The fraction of sp³-hybridized carbons (Fsp3) is 0.538. The smallest absolute Gasteiger partial charge is 0.122 e. The summed E-state index contributed by atoms with van der Waals surface area (Å²) in [4.78, 5) is 0. The fourth-order valence-electron chi connectivity index (χ4n) is 2.04. The van der Waals surface area contributed by atoms with Gasteiger partial charge in [0.15, 0.2) is 0 Å². The van der Waals surface area contributed by atoms with Gasteiger partial charge in [0, 0.05) is 6.07 Å². The van der Waals surface area contributed by atoms with E-state index in [2.05, 4.69) is 6.92 Å². The molecule has 1 aliphatic rings. The lowest BCUT2D eigenvalue weighted by atomic mass is 10.0. The lowest BCUT2D eigenvalue weighted by Gasteiger charge is -2.13. The molecule has 16 heavy (non-hydrogen) atoms. The van der Waals surface area contributed by atoms with Crippen molar-refractivity contribution >= 4 is 0 Å². The minimum Gasteiger partial charge on any atom is -0.497 e. The zero-order chi connectivity index (χ0) is 11.7. The van der Waals surface area contributed by atoms with Crippen LogP contribution in [0.5, 0.6) is 11.5 Å². The van der Waals surface area contributed by atoms with Gasteiger partial charge >= 0.3 is 0 Å². The zero-order valence-electron chi connectivity index (χ0n) is 9.93. The predicted octanol–water partition coefficient (Wildman–Crippen LogP) is 2.39. The first-order valence-electron chi connectivity index (χ1n) is 5.56. The molecule has 0 spiro atoms. The first kappa shape index (κ1) is 11.3. The maximum atomic E-state index is 10.2. The summed E-state index contributed by atoms with van der Waals surface area (Å²) in [6, 6.07) is 5.56. The van der Waals surface area contributed by atoms with Gasteiger partial charge in [-0.05, 0) is 36.0 Å². The van der Waals surface area contributed by atoms with Gasteiger partial charge in [-0.2, -0.15) is 0 Å². The molecule has 0 heterocycles. The Bertz CT molecular complexity index is 353. The molecule has 2 rings (SSSR count). The van der Waals surface area contributed by atoms with Crippen LogP contribution in [-0.2, 0) is 0 Å². The molecule has 0 aliphatic heterocycles. The normalized spacial score (nSPS) is 25.0. The average molecular weight is 222 g/mol. The lowest BCUT2D eigenvalue weighted by molar-refractivity contribution is 0.147. The Balaban J connectivity index is 2.25. The second-order valence-corrected chi connectivity index (χ2v) is 4.47. The quantitative estimate of drug-likeness (QED) is 0.850. The molecule has 0 aromatic heterocycles. The van der Waals surface area contributed by atoms with Crippen LogP contribution in [0.3, 0.4) is 0 Å². The predicted molar refractivity (Wildman–Crippen MR) is 61.8 cm³/mol.